The van der Waals surface area contributed by atoms with E-state index in [1.807, 2.05) is 33.8 Å². The van der Waals surface area contributed by atoms with Gasteiger partial charge in [-0.25, -0.2) is 9.78 Å². The van der Waals surface area contributed by atoms with Gasteiger partial charge in [0.15, 0.2) is 5.69 Å². The van der Waals surface area contributed by atoms with Gasteiger partial charge in [0.05, 0.1) is 17.9 Å². The van der Waals surface area contributed by atoms with Crippen molar-refractivity contribution in [3.8, 4) is 6.07 Å². The number of rotatable bonds is 6. The minimum atomic E-state index is -0.434. The molecule has 0 spiro atoms. The van der Waals surface area contributed by atoms with E-state index < -0.39 is 5.97 Å². The molecule has 0 radical (unpaired) electrons. The van der Waals surface area contributed by atoms with Crippen molar-refractivity contribution in [2.45, 2.75) is 39.6 Å². The van der Waals surface area contributed by atoms with E-state index in [2.05, 4.69) is 16.4 Å². The maximum absolute atomic E-state index is 12.4. The number of nitriles is 1. The molecule has 6 nitrogen and oxygen atoms in total. The van der Waals surface area contributed by atoms with Crippen LogP contribution in [-0.4, -0.2) is 24.2 Å². The number of thiophene rings is 1. The van der Waals surface area contributed by atoms with Gasteiger partial charge in [-0.15, -0.1) is 11.3 Å². The maximum atomic E-state index is 12.4. The van der Waals surface area contributed by atoms with Gasteiger partial charge in [0.1, 0.15) is 16.6 Å². The second-order valence-corrected chi connectivity index (χ2v) is 8.21. The number of esters is 1. The number of carbonyl (C=O) groups is 2. The molecule has 0 aliphatic heterocycles. The van der Waals surface area contributed by atoms with Gasteiger partial charge in [-0.05, 0) is 50.6 Å². The van der Waals surface area contributed by atoms with E-state index in [9.17, 15) is 14.9 Å². The Balaban J connectivity index is 2.15. The summed E-state index contributed by atoms with van der Waals surface area (Å²) in [5.41, 5.74) is 3.55. The lowest BCUT2D eigenvalue weighted by Crippen LogP contribution is -2.19. The molecule has 0 atom stereocenters. The molecule has 2 aromatic heterocycles. The number of nitrogens with one attached hydrogen (secondary N) is 2. The van der Waals surface area contributed by atoms with Gasteiger partial charge in [-0.2, -0.15) is 5.26 Å². The molecular formula is C19H22N3O3S2+. The first-order valence-corrected chi connectivity index (χ1v) is 10.2. The molecule has 0 bridgehead atoms. The Hall–Kier alpha value is -2.37. The number of H-pyrrole nitrogens is 1. The smallest absolute Gasteiger partial charge is 0.341 e. The standard InChI is InChI=1S/C19H21N3O3S2/c1-6-25-19(24)16-12(4)13(5)27-18(16)22-15(23)9-26-17-14(8-20)10(2)7-11(3)21-17/h7H,6,9H2,1-5H3,(H,22,23)/p+1. The molecule has 2 rings (SSSR count). The molecule has 0 aromatic carbocycles. The number of anilines is 1. The molecule has 0 saturated heterocycles. The fourth-order valence-corrected chi connectivity index (χ4v) is 4.56. The van der Waals surface area contributed by atoms with E-state index in [-0.39, 0.29) is 18.3 Å². The van der Waals surface area contributed by atoms with Crippen molar-refractivity contribution in [1.29, 1.82) is 5.26 Å². The number of nitrogens with zero attached hydrogens (tertiary/aromatic N) is 1. The summed E-state index contributed by atoms with van der Waals surface area (Å²) in [6.07, 6.45) is 0. The molecule has 0 saturated carbocycles. The van der Waals surface area contributed by atoms with Crippen LogP contribution in [0, 0.1) is 39.0 Å². The SMILES string of the molecule is CCOC(=O)c1c(NC(=O)CSc2[nH+]c(C)cc(C)c2C#N)sc(C)c1C. The van der Waals surface area contributed by atoms with E-state index >= 15 is 0 Å². The maximum Gasteiger partial charge on any atom is 0.341 e. The number of carbonyl (C=O) groups excluding carboxylic acids is 2. The number of aryl methyl sites for hydroxylation is 3. The normalized spacial score (nSPS) is 10.4. The first-order chi connectivity index (χ1) is 12.8. The Labute approximate surface area is 167 Å². The summed E-state index contributed by atoms with van der Waals surface area (Å²) in [6, 6.07) is 4.06. The summed E-state index contributed by atoms with van der Waals surface area (Å²) in [5.74, 6) is -0.563. The second-order valence-electron chi connectivity index (χ2n) is 6.00. The summed E-state index contributed by atoms with van der Waals surface area (Å²) in [7, 11) is 0. The van der Waals surface area contributed by atoms with Crippen LogP contribution in [0.1, 0.15) is 44.5 Å². The van der Waals surface area contributed by atoms with Crippen molar-refractivity contribution in [3.05, 3.63) is 38.9 Å². The Morgan fingerprint density at radius 1 is 1.33 bits per heavy atom. The first-order valence-electron chi connectivity index (χ1n) is 8.41. The van der Waals surface area contributed by atoms with Crippen LogP contribution in [0.3, 0.4) is 0 Å². The minimum absolute atomic E-state index is 0.117. The lowest BCUT2D eigenvalue weighted by molar-refractivity contribution is -0.435. The molecule has 0 unspecified atom stereocenters. The van der Waals surface area contributed by atoms with Crippen LogP contribution in [0.25, 0.3) is 0 Å². The number of thioether (sulfide) groups is 1. The van der Waals surface area contributed by atoms with Gasteiger partial charge >= 0.3 is 5.97 Å². The van der Waals surface area contributed by atoms with Crippen LogP contribution in [0.15, 0.2) is 11.1 Å². The van der Waals surface area contributed by atoms with E-state index in [0.29, 0.717) is 21.2 Å². The highest BCUT2D eigenvalue weighted by atomic mass is 32.2. The quantitative estimate of drug-likeness (QED) is 0.587. The molecule has 2 N–H and O–H groups in total. The molecule has 0 fully saturated rings. The molecule has 1 amide bonds. The van der Waals surface area contributed by atoms with E-state index in [1.54, 1.807) is 6.92 Å². The second kappa shape index (κ2) is 9.02. The third-order valence-electron chi connectivity index (χ3n) is 3.94. The van der Waals surface area contributed by atoms with Crippen molar-refractivity contribution >= 4 is 40.0 Å². The monoisotopic (exact) mass is 404 g/mol. The average Bonchev–Trinajstić information content (AvgIpc) is 2.86. The zero-order valence-electron chi connectivity index (χ0n) is 16.0. The summed E-state index contributed by atoms with van der Waals surface area (Å²) >= 11 is 2.62. The molecular weight excluding hydrogens is 382 g/mol. The van der Waals surface area contributed by atoms with E-state index in [0.717, 1.165) is 21.7 Å². The molecule has 0 aliphatic carbocycles. The Morgan fingerprint density at radius 2 is 2.04 bits per heavy atom. The number of aromatic nitrogens is 1. The summed E-state index contributed by atoms with van der Waals surface area (Å²) in [6.45, 7) is 9.53. The minimum Gasteiger partial charge on any atom is -0.462 e. The first kappa shape index (κ1) is 20.9. The molecule has 2 aromatic rings. The third-order valence-corrected chi connectivity index (χ3v) is 6.07. The summed E-state index contributed by atoms with van der Waals surface area (Å²) < 4.78 is 5.10. The highest BCUT2D eigenvalue weighted by Crippen LogP contribution is 2.33. The summed E-state index contributed by atoms with van der Waals surface area (Å²) in [5, 5.41) is 13.3. The highest BCUT2D eigenvalue weighted by molar-refractivity contribution is 7.99. The highest BCUT2D eigenvalue weighted by Gasteiger charge is 2.23. The number of aromatic amines is 1. The van der Waals surface area contributed by atoms with Crippen molar-refractivity contribution < 1.29 is 19.3 Å². The van der Waals surface area contributed by atoms with Gasteiger partial charge in [0, 0.05) is 17.9 Å². The zero-order chi connectivity index (χ0) is 20.1. The van der Waals surface area contributed by atoms with Gasteiger partial charge in [0.25, 0.3) is 5.03 Å². The number of pyridine rings is 1. The molecule has 142 valence electrons. The van der Waals surface area contributed by atoms with E-state index in [4.69, 9.17) is 4.74 Å². The van der Waals surface area contributed by atoms with Crippen LogP contribution < -0.4 is 10.3 Å². The molecule has 27 heavy (non-hydrogen) atoms. The molecule has 2 heterocycles. The van der Waals surface area contributed by atoms with Gasteiger partial charge in [0.2, 0.25) is 5.91 Å². The average molecular weight is 405 g/mol. The van der Waals surface area contributed by atoms with Crippen LogP contribution in [0.5, 0.6) is 0 Å². The van der Waals surface area contributed by atoms with E-state index in [1.165, 1.54) is 23.1 Å². The predicted octanol–water partition coefficient (Wildman–Crippen LogP) is 3.58. The predicted molar refractivity (Wildman–Crippen MR) is 106 cm³/mol. The van der Waals surface area contributed by atoms with Crippen LogP contribution in [0.2, 0.25) is 0 Å². The summed E-state index contributed by atoms with van der Waals surface area (Å²) in [4.78, 5) is 28.7. The van der Waals surface area contributed by atoms with Crippen LogP contribution in [-0.2, 0) is 9.53 Å². The third kappa shape index (κ3) is 4.87. The molecule has 0 aliphatic rings. The Bertz CT molecular complexity index is 929. The van der Waals surface area contributed by atoms with Crippen LogP contribution in [0.4, 0.5) is 5.00 Å². The lowest BCUT2D eigenvalue weighted by Gasteiger charge is -2.07. The Morgan fingerprint density at radius 3 is 2.67 bits per heavy atom. The van der Waals surface area contributed by atoms with Crippen molar-refractivity contribution in [1.82, 2.24) is 0 Å². The zero-order valence-corrected chi connectivity index (χ0v) is 17.6. The fourth-order valence-electron chi connectivity index (χ4n) is 2.57. The number of hydrogen-bond donors (Lipinski definition) is 1. The molecule has 8 heteroatoms. The largest absolute Gasteiger partial charge is 0.462 e. The van der Waals surface area contributed by atoms with Crippen molar-refractivity contribution in [2.24, 2.45) is 0 Å². The number of ether oxygens (including phenoxy) is 1. The number of amides is 1. The fraction of sp³-hybridized carbons (Fsp3) is 0.368. The lowest BCUT2D eigenvalue weighted by atomic mass is 10.1. The topological polar surface area (TPSA) is 93.3 Å². The van der Waals surface area contributed by atoms with Gasteiger partial charge in [-0.3, -0.25) is 4.79 Å². The van der Waals surface area contributed by atoms with Crippen molar-refractivity contribution in [3.63, 3.8) is 0 Å². The van der Waals surface area contributed by atoms with Gasteiger partial charge < -0.3 is 10.1 Å². The number of hydrogen-bond acceptors (Lipinski definition) is 6. The van der Waals surface area contributed by atoms with Crippen LogP contribution >= 0.6 is 23.1 Å². The van der Waals surface area contributed by atoms with Gasteiger partial charge in [-0.1, -0.05) is 0 Å². The van der Waals surface area contributed by atoms with Crippen molar-refractivity contribution in [2.75, 3.05) is 17.7 Å². The Kier molecular flexibility index (Phi) is 6.99.